The van der Waals surface area contributed by atoms with Crippen LogP contribution in [0.1, 0.15) is 24.8 Å². The summed E-state index contributed by atoms with van der Waals surface area (Å²) < 4.78 is 0. The Morgan fingerprint density at radius 1 is 1.27 bits per heavy atom. The third-order valence-electron chi connectivity index (χ3n) is 2.79. The molecule has 0 atom stereocenters. The van der Waals surface area contributed by atoms with Gasteiger partial charge in [0.25, 0.3) is 0 Å². The van der Waals surface area contributed by atoms with Crippen molar-refractivity contribution in [2.24, 2.45) is 5.84 Å². The molecule has 0 spiro atoms. The first-order valence-electron chi connectivity index (χ1n) is 5.37. The van der Waals surface area contributed by atoms with Gasteiger partial charge < -0.3 is 10.3 Å². The number of nitrogens with two attached hydrogens (primary N) is 1. The first-order valence-corrected chi connectivity index (χ1v) is 5.37. The highest BCUT2D eigenvalue weighted by Crippen LogP contribution is 2.19. The van der Waals surface area contributed by atoms with E-state index in [1.54, 1.807) is 0 Å². The molecule has 1 saturated heterocycles. The zero-order chi connectivity index (χ0) is 10.7. The number of aromatic nitrogens is 2. The van der Waals surface area contributed by atoms with Gasteiger partial charge in [0.2, 0.25) is 0 Å². The maximum atomic E-state index is 5.31. The van der Waals surface area contributed by atoms with Crippen molar-refractivity contribution < 1.29 is 0 Å². The lowest BCUT2D eigenvalue weighted by molar-refractivity contribution is 0.571. The van der Waals surface area contributed by atoms with Gasteiger partial charge in [0, 0.05) is 13.1 Å². The fraction of sp³-hybridized carbons (Fsp3) is 0.600. The molecular formula is C10H17N5. The lowest BCUT2D eigenvalue weighted by Crippen LogP contribution is -2.30. The predicted octanol–water partition coefficient (Wildman–Crippen LogP) is 1.06. The molecule has 1 aromatic heterocycles. The lowest BCUT2D eigenvalue weighted by atomic mass is 10.1. The van der Waals surface area contributed by atoms with Crippen LogP contribution in [0.5, 0.6) is 0 Å². The number of piperidine rings is 1. The van der Waals surface area contributed by atoms with Crippen LogP contribution in [0.25, 0.3) is 0 Å². The first kappa shape index (κ1) is 10.2. The van der Waals surface area contributed by atoms with Gasteiger partial charge in [0.05, 0.1) is 0 Å². The molecule has 0 aromatic carbocycles. The number of nitrogens with one attached hydrogen (secondary N) is 1. The molecule has 0 aliphatic carbocycles. The smallest absolute Gasteiger partial charge is 0.165 e. The van der Waals surface area contributed by atoms with Crippen LogP contribution < -0.4 is 16.2 Å². The van der Waals surface area contributed by atoms with E-state index in [1.807, 2.05) is 13.0 Å². The number of aryl methyl sites for hydroxylation is 1. The molecule has 0 saturated carbocycles. The Bertz CT molecular complexity index is 333. The summed E-state index contributed by atoms with van der Waals surface area (Å²) >= 11 is 0. The minimum atomic E-state index is 0.649. The second-order valence-corrected chi connectivity index (χ2v) is 3.93. The third kappa shape index (κ3) is 2.18. The Balaban J connectivity index is 2.17. The van der Waals surface area contributed by atoms with Crippen LogP contribution in [-0.2, 0) is 0 Å². The van der Waals surface area contributed by atoms with E-state index in [9.17, 15) is 0 Å². The van der Waals surface area contributed by atoms with Crippen molar-refractivity contribution in [1.29, 1.82) is 0 Å². The van der Waals surface area contributed by atoms with Gasteiger partial charge in [-0.3, -0.25) is 0 Å². The van der Waals surface area contributed by atoms with E-state index >= 15 is 0 Å². The van der Waals surface area contributed by atoms with Gasteiger partial charge in [-0.15, -0.1) is 10.2 Å². The second kappa shape index (κ2) is 4.44. The van der Waals surface area contributed by atoms with Crippen molar-refractivity contribution >= 4 is 11.6 Å². The Morgan fingerprint density at radius 3 is 2.60 bits per heavy atom. The molecule has 1 aliphatic rings. The van der Waals surface area contributed by atoms with Crippen molar-refractivity contribution in [1.82, 2.24) is 10.2 Å². The molecule has 15 heavy (non-hydrogen) atoms. The topological polar surface area (TPSA) is 67.1 Å². The van der Waals surface area contributed by atoms with E-state index in [4.69, 9.17) is 5.84 Å². The van der Waals surface area contributed by atoms with Gasteiger partial charge in [0.15, 0.2) is 11.6 Å². The zero-order valence-electron chi connectivity index (χ0n) is 9.03. The van der Waals surface area contributed by atoms with Crippen molar-refractivity contribution in [3.8, 4) is 0 Å². The molecule has 0 bridgehead atoms. The molecule has 1 aliphatic heterocycles. The molecular weight excluding hydrogens is 190 g/mol. The first-order chi connectivity index (χ1) is 7.31. The van der Waals surface area contributed by atoms with Crippen molar-refractivity contribution in [3.05, 3.63) is 11.6 Å². The number of nitrogens with zero attached hydrogens (tertiary/aromatic N) is 3. The molecule has 5 heteroatoms. The van der Waals surface area contributed by atoms with E-state index < -0.39 is 0 Å². The van der Waals surface area contributed by atoms with Gasteiger partial charge in [-0.1, -0.05) is 0 Å². The zero-order valence-corrected chi connectivity index (χ0v) is 9.03. The van der Waals surface area contributed by atoms with E-state index in [0.29, 0.717) is 5.82 Å². The van der Waals surface area contributed by atoms with E-state index in [-0.39, 0.29) is 0 Å². The average molecular weight is 207 g/mol. The van der Waals surface area contributed by atoms with E-state index in [0.717, 1.165) is 24.5 Å². The Hall–Kier alpha value is -1.36. The standard InChI is InChI=1S/C10H17N5/c1-8-7-9(13-14-10(8)12-11)15-5-3-2-4-6-15/h7H,2-6,11H2,1H3,(H,12,14). The summed E-state index contributed by atoms with van der Waals surface area (Å²) in [6.07, 6.45) is 3.82. The van der Waals surface area contributed by atoms with Crippen LogP contribution in [0.2, 0.25) is 0 Å². The Kier molecular flexibility index (Phi) is 3.01. The summed E-state index contributed by atoms with van der Waals surface area (Å²) in [7, 11) is 0. The van der Waals surface area contributed by atoms with Gasteiger partial charge in [-0.25, -0.2) is 5.84 Å². The van der Waals surface area contributed by atoms with Crippen LogP contribution in [0.3, 0.4) is 0 Å². The van der Waals surface area contributed by atoms with Gasteiger partial charge in [0.1, 0.15) is 0 Å². The number of hydrazine groups is 1. The van der Waals surface area contributed by atoms with Crippen molar-refractivity contribution in [2.75, 3.05) is 23.4 Å². The van der Waals surface area contributed by atoms with Crippen LogP contribution in [0, 0.1) is 6.92 Å². The predicted molar refractivity (Wildman–Crippen MR) is 60.6 cm³/mol. The normalized spacial score (nSPS) is 16.5. The molecule has 5 nitrogen and oxygen atoms in total. The Morgan fingerprint density at radius 2 is 2.00 bits per heavy atom. The molecule has 1 aromatic rings. The summed E-state index contributed by atoms with van der Waals surface area (Å²) in [5.74, 6) is 6.93. The minimum absolute atomic E-state index is 0.649. The highest BCUT2D eigenvalue weighted by Gasteiger charge is 2.13. The van der Waals surface area contributed by atoms with Gasteiger partial charge >= 0.3 is 0 Å². The largest absolute Gasteiger partial charge is 0.355 e. The summed E-state index contributed by atoms with van der Waals surface area (Å²) in [5, 5.41) is 8.21. The lowest BCUT2D eigenvalue weighted by Gasteiger charge is -2.27. The van der Waals surface area contributed by atoms with Crippen molar-refractivity contribution in [3.63, 3.8) is 0 Å². The van der Waals surface area contributed by atoms with Gasteiger partial charge in [-0.05, 0) is 37.8 Å². The van der Waals surface area contributed by atoms with Crippen molar-refractivity contribution in [2.45, 2.75) is 26.2 Å². The molecule has 82 valence electrons. The quantitative estimate of drug-likeness (QED) is 0.560. The van der Waals surface area contributed by atoms with Crippen LogP contribution in [-0.4, -0.2) is 23.3 Å². The maximum absolute atomic E-state index is 5.31. The molecule has 1 fully saturated rings. The fourth-order valence-electron chi connectivity index (χ4n) is 1.89. The Labute approximate surface area is 89.6 Å². The summed E-state index contributed by atoms with van der Waals surface area (Å²) in [4.78, 5) is 2.28. The number of rotatable bonds is 2. The van der Waals surface area contributed by atoms with E-state index in [2.05, 4.69) is 20.5 Å². The van der Waals surface area contributed by atoms with E-state index in [1.165, 1.54) is 19.3 Å². The third-order valence-corrected chi connectivity index (χ3v) is 2.79. The maximum Gasteiger partial charge on any atom is 0.165 e. The highest BCUT2D eigenvalue weighted by molar-refractivity contribution is 5.49. The number of hydrogen-bond acceptors (Lipinski definition) is 5. The van der Waals surface area contributed by atoms with Gasteiger partial charge in [-0.2, -0.15) is 0 Å². The molecule has 2 heterocycles. The van der Waals surface area contributed by atoms with Crippen LogP contribution in [0.4, 0.5) is 11.6 Å². The van der Waals surface area contributed by atoms with Crippen LogP contribution >= 0.6 is 0 Å². The molecule has 2 rings (SSSR count). The summed E-state index contributed by atoms with van der Waals surface area (Å²) in [5.41, 5.74) is 3.57. The molecule has 0 radical (unpaired) electrons. The average Bonchev–Trinajstić information content (AvgIpc) is 2.30. The second-order valence-electron chi connectivity index (χ2n) is 3.93. The molecule has 0 amide bonds. The SMILES string of the molecule is Cc1cc(N2CCCCC2)nnc1NN. The summed E-state index contributed by atoms with van der Waals surface area (Å²) in [6.45, 7) is 4.16. The monoisotopic (exact) mass is 207 g/mol. The minimum Gasteiger partial charge on any atom is -0.355 e. The molecule has 3 N–H and O–H groups in total. The highest BCUT2D eigenvalue weighted by atomic mass is 15.3. The van der Waals surface area contributed by atoms with Crippen LogP contribution in [0.15, 0.2) is 6.07 Å². The number of nitrogen functional groups attached to an aromatic ring is 1. The number of hydrogen-bond donors (Lipinski definition) is 2. The fourth-order valence-corrected chi connectivity index (χ4v) is 1.89. The number of anilines is 2. The summed E-state index contributed by atoms with van der Waals surface area (Å²) in [6, 6.07) is 2.04. The molecule has 0 unspecified atom stereocenters.